The molecule has 0 bridgehead atoms. The summed E-state index contributed by atoms with van der Waals surface area (Å²) in [6.45, 7) is 2.17. The van der Waals surface area contributed by atoms with Crippen molar-refractivity contribution in [2.45, 2.75) is 32.6 Å². The SMILES string of the molecule is CCCCC#CCc1ccccc1C#Cc1ccccc1C#N. The Morgan fingerprint density at radius 2 is 1.48 bits per heavy atom. The van der Waals surface area contributed by atoms with Gasteiger partial charge in [-0.05, 0) is 30.2 Å². The minimum absolute atomic E-state index is 0.608. The molecular weight excluding hydrogens is 278 g/mol. The molecule has 2 aromatic rings. The van der Waals surface area contributed by atoms with E-state index in [0.29, 0.717) is 12.0 Å². The first-order valence-corrected chi connectivity index (χ1v) is 7.90. The summed E-state index contributed by atoms with van der Waals surface area (Å²) in [5.41, 5.74) is 3.49. The fraction of sp³-hybridized carbons (Fsp3) is 0.227. The Balaban J connectivity index is 2.20. The second kappa shape index (κ2) is 9.15. The third-order valence-electron chi connectivity index (χ3n) is 3.46. The van der Waals surface area contributed by atoms with Crippen molar-refractivity contribution in [3.63, 3.8) is 0 Å². The molecule has 0 saturated carbocycles. The second-order valence-electron chi connectivity index (χ2n) is 5.20. The van der Waals surface area contributed by atoms with E-state index in [0.717, 1.165) is 29.5 Å². The average Bonchev–Trinajstić information content (AvgIpc) is 2.61. The fourth-order valence-corrected chi connectivity index (χ4v) is 2.13. The van der Waals surface area contributed by atoms with Crippen molar-refractivity contribution in [2.24, 2.45) is 0 Å². The summed E-state index contributed by atoms with van der Waals surface area (Å²) in [5.74, 6) is 12.7. The lowest BCUT2D eigenvalue weighted by Crippen LogP contribution is -1.88. The Hall–Kier alpha value is -2.95. The van der Waals surface area contributed by atoms with Crippen molar-refractivity contribution in [1.82, 2.24) is 0 Å². The summed E-state index contributed by atoms with van der Waals surface area (Å²) < 4.78 is 0. The van der Waals surface area contributed by atoms with Crippen LogP contribution in [0.25, 0.3) is 0 Å². The lowest BCUT2D eigenvalue weighted by molar-refractivity contribution is 0.827. The van der Waals surface area contributed by atoms with Crippen LogP contribution in [0, 0.1) is 35.0 Å². The molecule has 0 aromatic heterocycles. The number of hydrogen-bond donors (Lipinski definition) is 0. The van der Waals surface area contributed by atoms with E-state index in [4.69, 9.17) is 5.26 Å². The molecule has 0 aliphatic carbocycles. The summed E-state index contributed by atoms with van der Waals surface area (Å²) in [6.07, 6.45) is 4.00. The Labute approximate surface area is 139 Å². The van der Waals surface area contributed by atoms with E-state index >= 15 is 0 Å². The van der Waals surface area contributed by atoms with Gasteiger partial charge < -0.3 is 0 Å². The number of benzene rings is 2. The number of unbranched alkanes of at least 4 members (excludes halogenated alkanes) is 2. The third-order valence-corrected chi connectivity index (χ3v) is 3.46. The topological polar surface area (TPSA) is 23.8 Å². The van der Waals surface area contributed by atoms with Gasteiger partial charge >= 0.3 is 0 Å². The van der Waals surface area contributed by atoms with Gasteiger partial charge in [-0.2, -0.15) is 5.26 Å². The molecule has 0 atom stereocenters. The van der Waals surface area contributed by atoms with Gasteiger partial charge in [0, 0.05) is 24.0 Å². The first-order valence-electron chi connectivity index (χ1n) is 7.90. The molecule has 1 heteroatoms. The van der Waals surface area contributed by atoms with Crippen LogP contribution in [0.4, 0.5) is 0 Å². The van der Waals surface area contributed by atoms with Gasteiger partial charge in [0.15, 0.2) is 0 Å². The normalized spacial score (nSPS) is 9.04. The molecule has 23 heavy (non-hydrogen) atoms. The van der Waals surface area contributed by atoms with Crippen LogP contribution >= 0.6 is 0 Å². The van der Waals surface area contributed by atoms with Crippen molar-refractivity contribution < 1.29 is 0 Å². The summed E-state index contributed by atoms with van der Waals surface area (Å²) in [6, 6.07) is 17.6. The van der Waals surface area contributed by atoms with Gasteiger partial charge in [-0.15, -0.1) is 5.92 Å². The minimum atomic E-state index is 0.608. The molecule has 0 unspecified atom stereocenters. The molecule has 0 heterocycles. The predicted molar refractivity (Wildman–Crippen MR) is 94.6 cm³/mol. The maximum Gasteiger partial charge on any atom is 0.100 e. The maximum atomic E-state index is 9.12. The number of nitriles is 1. The van der Waals surface area contributed by atoms with Crippen LogP contribution in [0.1, 0.15) is 48.4 Å². The molecule has 0 spiro atoms. The first-order chi connectivity index (χ1) is 11.3. The lowest BCUT2D eigenvalue weighted by Gasteiger charge is -1.99. The number of hydrogen-bond acceptors (Lipinski definition) is 1. The molecule has 0 fully saturated rings. The van der Waals surface area contributed by atoms with Crippen LogP contribution in [0.5, 0.6) is 0 Å². The molecule has 112 valence electrons. The summed E-state index contributed by atoms with van der Waals surface area (Å²) in [4.78, 5) is 0. The molecule has 0 aliphatic heterocycles. The van der Waals surface area contributed by atoms with E-state index in [-0.39, 0.29) is 0 Å². The first kappa shape index (κ1) is 16.4. The summed E-state index contributed by atoms with van der Waals surface area (Å²) in [7, 11) is 0. The highest BCUT2D eigenvalue weighted by molar-refractivity contribution is 5.52. The Morgan fingerprint density at radius 1 is 0.826 bits per heavy atom. The van der Waals surface area contributed by atoms with Crippen molar-refractivity contribution in [3.8, 4) is 29.8 Å². The number of nitrogens with zero attached hydrogens (tertiary/aromatic N) is 1. The number of rotatable bonds is 3. The molecule has 2 aromatic carbocycles. The Bertz CT molecular complexity index is 817. The zero-order chi connectivity index (χ0) is 16.3. The Kier molecular flexibility index (Phi) is 6.53. The van der Waals surface area contributed by atoms with Crippen molar-refractivity contribution in [3.05, 3.63) is 70.8 Å². The monoisotopic (exact) mass is 297 g/mol. The zero-order valence-corrected chi connectivity index (χ0v) is 13.4. The van der Waals surface area contributed by atoms with E-state index in [2.05, 4.69) is 42.7 Å². The molecular formula is C22H19N. The van der Waals surface area contributed by atoms with Gasteiger partial charge in [0.05, 0.1) is 5.56 Å². The van der Waals surface area contributed by atoms with Crippen LogP contribution < -0.4 is 0 Å². The average molecular weight is 297 g/mol. The minimum Gasteiger partial charge on any atom is -0.192 e. The second-order valence-corrected chi connectivity index (χ2v) is 5.20. The molecule has 0 N–H and O–H groups in total. The van der Waals surface area contributed by atoms with Gasteiger partial charge in [-0.3, -0.25) is 0 Å². The van der Waals surface area contributed by atoms with E-state index in [1.807, 2.05) is 36.4 Å². The molecule has 0 aliphatic rings. The van der Waals surface area contributed by atoms with E-state index in [9.17, 15) is 0 Å². The van der Waals surface area contributed by atoms with E-state index in [1.54, 1.807) is 6.07 Å². The van der Waals surface area contributed by atoms with Crippen LogP contribution in [-0.4, -0.2) is 0 Å². The summed E-state index contributed by atoms with van der Waals surface area (Å²) >= 11 is 0. The van der Waals surface area contributed by atoms with E-state index in [1.165, 1.54) is 6.42 Å². The summed E-state index contributed by atoms with van der Waals surface area (Å²) in [5, 5.41) is 9.12. The molecule has 2 rings (SSSR count). The van der Waals surface area contributed by atoms with Gasteiger partial charge in [0.2, 0.25) is 0 Å². The Morgan fingerprint density at radius 3 is 2.22 bits per heavy atom. The van der Waals surface area contributed by atoms with Crippen molar-refractivity contribution >= 4 is 0 Å². The van der Waals surface area contributed by atoms with Crippen molar-refractivity contribution in [2.75, 3.05) is 0 Å². The van der Waals surface area contributed by atoms with Crippen LogP contribution in [0.3, 0.4) is 0 Å². The highest BCUT2D eigenvalue weighted by Crippen LogP contribution is 2.10. The van der Waals surface area contributed by atoms with Crippen molar-refractivity contribution in [1.29, 1.82) is 5.26 Å². The van der Waals surface area contributed by atoms with Crippen LogP contribution in [0.15, 0.2) is 48.5 Å². The smallest absolute Gasteiger partial charge is 0.100 e. The zero-order valence-electron chi connectivity index (χ0n) is 13.4. The van der Waals surface area contributed by atoms with Gasteiger partial charge in [-0.1, -0.05) is 61.4 Å². The van der Waals surface area contributed by atoms with Crippen LogP contribution in [-0.2, 0) is 6.42 Å². The third kappa shape index (κ3) is 5.07. The highest BCUT2D eigenvalue weighted by atomic mass is 14.2. The van der Waals surface area contributed by atoms with Gasteiger partial charge in [-0.25, -0.2) is 0 Å². The predicted octanol–water partition coefficient (Wildman–Crippen LogP) is 4.69. The lowest BCUT2D eigenvalue weighted by atomic mass is 10.0. The van der Waals surface area contributed by atoms with Gasteiger partial charge in [0.1, 0.15) is 6.07 Å². The molecule has 0 radical (unpaired) electrons. The molecule has 1 nitrogen and oxygen atoms in total. The van der Waals surface area contributed by atoms with Crippen LogP contribution in [0.2, 0.25) is 0 Å². The van der Waals surface area contributed by atoms with Gasteiger partial charge in [0.25, 0.3) is 0 Å². The standard InChI is InChI=1S/C22H19N/c1-2-3-4-5-6-11-19-12-7-8-13-20(19)16-17-21-14-9-10-15-22(21)18-23/h7-10,12-15H,2-4,11H2,1H3. The van der Waals surface area contributed by atoms with E-state index < -0.39 is 0 Å². The maximum absolute atomic E-state index is 9.12. The highest BCUT2D eigenvalue weighted by Gasteiger charge is 1.98. The molecule has 0 saturated heterocycles. The largest absolute Gasteiger partial charge is 0.192 e. The molecule has 0 amide bonds. The quantitative estimate of drug-likeness (QED) is 0.595. The fourth-order valence-electron chi connectivity index (χ4n) is 2.13.